The summed E-state index contributed by atoms with van der Waals surface area (Å²) in [5.41, 5.74) is 0.298. The van der Waals surface area contributed by atoms with Crippen molar-refractivity contribution in [2.24, 2.45) is 0 Å². The molecule has 1 heterocycles. The third kappa shape index (κ3) is 5.39. The quantitative estimate of drug-likeness (QED) is 0.310. The summed E-state index contributed by atoms with van der Waals surface area (Å²) >= 11 is 14.3. The SMILES string of the molecule is CN(c1cc(C(F)(F)F)nc2ccc(Cl)cc12)C1CCC(NC(=O)c2cccc(Cl)c2I)CC1. The van der Waals surface area contributed by atoms with E-state index in [1.165, 1.54) is 12.1 Å². The van der Waals surface area contributed by atoms with Crippen molar-refractivity contribution in [3.8, 4) is 0 Å². The molecule has 1 fully saturated rings. The van der Waals surface area contributed by atoms with Crippen LogP contribution in [0.5, 0.6) is 0 Å². The first-order valence-corrected chi connectivity index (χ1v) is 12.5. The first-order valence-electron chi connectivity index (χ1n) is 10.7. The molecule has 0 spiro atoms. The van der Waals surface area contributed by atoms with Gasteiger partial charge >= 0.3 is 6.18 Å². The molecule has 1 N–H and O–H groups in total. The number of hydrogen-bond acceptors (Lipinski definition) is 3. The van der Waals surface area contributed by atoms with Gasteiger partial charge in [-0.25, -0.2) is 4.98 Å². The average molecular weight is 622 g/mol. The van der Waals surface area contributed by atoms with Gasteiger partial charge in [0.25, 0.3) is 5.91 Å². The smallest absolute Gasteiger partial charge is 0.371 e. The number of nitrogens with one attached hydrogen (secondary N) is 1. The Morgan fingerprint density at radius 1 is 1.12 bits per heavy atom. The zero-order valence-electron chi connectivity index (χ0n) is 18.1. The van der Waals surface area contributed by atoms with Crippen LogP contribution in [-0.4, -0.2) is 30.0 Å². The van der Waals surface area contributed by atoms with Gasteiger partial charge in [-0.2, -0.15) is 13.2 Å². The maximum atomic E-state index is 13.5. The molecule has 0 bridgehead atoms. The lowest BCUT2D eigenvalue weighted by molar-refractivity contribution is -0.140. The molecule has 0 radical (unpaired) electrons. The van der Waals surface area contributed by atoms with Gasteiger partial charge in [0.05, 0.1) is 16.1 Å². The number of pyridine rings is 1. The Hall–Kier alpha value is -1.78. The zero-order chi connectivity index (χ0) is 24.6. The van der Waals surface area contributed by atoms with Gasteiger partial charge in [0.1, 0.15) is 5.69 Å². The second-order valence-electron chi connectivity index (χ2n) is 8.38. The molecule has 10 heteroatoms. The van der Waals surface area contributed by atoms with E-state index < -0.39 is 11.9 Å². The summed E-state index contributed by atoms with van der Waals surface area (Å²) in [7, 11) is 1.80. The van der Waals surface area contributed by atoms with Gasteiger partial charge in [-0.15, -0.1) is 0 Å². The second-order valence-corrected chi connectivity index (χ2v) is 10.3. The number of hydrogen-bond donors (Lipinski definition) is 1. The number of carbonyl (C=O) groups excluding carboxylic acids is 1. The number of halogens is 6. The summed E-state index contributed by atoms with van der Waals surface area (Å²) in [6.07, 6.45) is -1.68. The lowest BCUT2D eigenvalue weighted by Crippen LogP contribution is -2.43. The first-order chi connectivity index (χ1) is 16.0. The molecule has 2 aromatic carbocycles. The average Bonchev–Trinajstić information content (AvgIpc) is 2.79. The van der Waals surface area contributed by atoms with Gasteiger partial charge < -0.3 is 10.2 Å². The fourth-order valence-electron chi connectivity index (χ4n) is 4.36. The Balaban J connectivity index is 1.50. The first kappa shape index (κ1) is 25.3. The molecule has 4 nitrogen and oxygen atoms in total. The summed E-state index contributed by atoms with van der Waals surface area (Å²) < 4.78 is 41.2. The van der Waals surface area contributed by atoms with Crippen molar-refractivity contribution in [2.45, 2.75) is 43.9 Å². The van der Waals surface area contributed by atoms with E-state index in [2.05, 4.69) is 32.9 Å². The highest BCUT2D eigenvalue weighted by Gasteiger charge is 2.35. The van der Waals surface area contributed by atoms with Crippen molar-refractivity contribution in [1.82, 2.24) is 10.3 Å². The number of rotatable bonds is 4. The van der Waals surface area contributed by atoms with Crippen LogP contribution in [0.15, 0.2) is 42.5 Å². The number of carbonyl (C=O) groups is 1. The van der Waals surface area contributed by atoms with Crippen LogP contribution in [0, 0.1) is 3.57 Å². The van der Waals surface area contributed by atoms with Crippen LogP contribution >= 0.6 is 45.8 Å². The van der Waals surface area contributed by atoms with Crippen molar-refractivity contribution >= 4 is 68.3 Å². The molecule has 180 valence electrons. The molecule has 4 rings (SSSR count). The highest BCUT2D eigenvalue weighted by Crippen LogP contribution is 2.37. The van der Waals surface area contributed by atoms with E-state index in [0.717, 1.165) is 18.9 Å². The number of amides is 1. The maximum Gasteiger partial charge on any atom is 0.433 e. The third-order valence-corrected chi connectivity index (χ3v) is 8.23. The molecular weight excluding hydrogens is 601 g/mol. The van der Waals surface area contributed by atoms with Crippen LogP contribution in [0.2, 0.25) is 10.0 Å². The Labute approximate surface area is 219 Å². The normalized spacial score (nSPS) is 18.7. The predicted molar refractivity (Wildman–Crippen MR) is 138 cm³/mol. The molecule has 34 heavy (non-hydrogen) atoms. The van der Waals surface area contributed by atoms with Gasteiger partial charge in [0.15, 0.2) is 0 Å². The van der Waals surface area contributed by atoms with Gasteiger partial charge in [0, 0.05) is 38.8 Å². The summed E-state index contributed by atoms with van der Waals surface area (Å²) in [5.74, 6) is -0.173. The number of aromatic nitrogens is 1. The predicted octanol–water partition coefficient (Wildman–Crippen LogP) is 7.34. The molecule has 0 atom stereocenters. The second kappa shape index (κ2) is 10.1. The number of nitrogens with zero attached hydrogens (tertiary/aromatic N) is 2. The van der Waals surface area contributed by atoms with E-state index in [1.54, 1.807) is 31.3 Å². The molecule has 1 aliphatic rings. The molecule has 0 aliphatic heterocycles. The molecule has 0 saturated heterocycles. The molecular formula is C24H21Cl2F3IN3O. The zero-order valence-corrected chi connectivity index (χ0v) is 21.8. The van der Waals surface area contributed by atoms with E-state index in [1.807, 2.05) is 4.90 Å². The Kier molecular flexibility index (Phi) is 7.50. The van der Waals surface area contributed by atoms with Crippen LogP contribution in [0.25, 0.3) is 10.9 Å². The van der Waals surface area contributed by atoms with Crippen LogP contribution in [0.3, 0.4) is 0 Å². The fraction of sp³-hybridized carbons (Fsp3) is 0.333. The summed E-state index contributed by atoms with van der Waals surface area (Å²) in [5, 5.41) is 4.61. The Morgan fingerprint density at radius 3 is 2.50 bits per heavy atom. The molecule has 1 saturated carbocycles. The molecule has 1 aromatic heterocycles. The van der Waals surface area contributed by atoms with Crippen LogP contribution in [0.1, 0.15) is 41.7 Å². The molecule has 1 aliphatic carbocycles. The Morgan fingerprint density at radius 2 is 1.82 bits per heavy atom. The molecule has 3 aromatic rings. The van der Waals surface area contributed by atoms with Gasteiger partial charge in [-0.3, -0.25) is 4.79 Å². The van der Waals surface area contributed by atoms with Gasteiger partial charge in [-0.05, 0) is 84.7 Å². The molecule has 1 amide bonds. The topological polar surface area (TPSA) is 45.2 Å². The number of alkyl halides is 3. The highest BCUT2D eigenvalue weighted by molar-refractivity contribution is 14.1. The Bertz CT molecular complexity index is 1230. The summed E-state index contributed by atoms with van der Waals surface area (Å²) in [6, 6.07) is 11.0. The standard InChI is InChI=1S/C24H21Cl2F3IN3O/c1-33(20-12-21(24(27,28)29)32-19-10-5-13(25)11-17(19)20)15-8-6-14(7-9-15)31-23(34)16-3-2-4-18(26)22(16)30/h2-5,10-12,14-15H,6-9H2,1H3,(H,31,34). The minimum atomic E-state index is -4.55. The fourth-order valence-corrected chi connectivity index (χ4v) is 5.31. The van der Waals surface area contributed by atoms with E-state index >= 15 is 0 Å². The van der Waals surface area contributed by atoms with E-state index in [4.69, 9.17) is 23.2 Å². The van der Waals surface area contributed by atoms with Crippen molar-refractivity contribution in [1.29, 1.82) is 0 Å². The maximum absolute atomic E-state index is 13.5. The van der Waals surface area contributed by atoms with Gasteiger partial charge in [0.2, 0.25) is 0 Å². The van der Waals surface area contributed by atoms with Crippen molar-refractivity contribution in [3.63, 3.8) is 0 Å². The highest BCUT2D eigenvalue weighted by atomic mass is 127. The summed E-state index contributed by atoms with van der Waals surface area (Å²) in [4.78, 5) is 18.4. The van der Waals surface area contributed by atoms with Crippen molar-refractivity contribution < 1.29 is 18.0 Å². The monoisotopic (exact) mass is 621 g/mol. The third-order valence-electron chi connectivity index (χ3n) is 6.20. The lowest BCUT2D eigenvalue weighted by atomic mass is 9.89. The summed E-state index contributed by atoms with van der Waals surface area (Å²) in [6.45, 7) is 0. The van der Waals surface area contributed by atoms with Crippen LogP contribution in [0.4, 0.5) is 18.9 Å². The van der Waals surface area contributed by atoms with Crippen molar-refractivity contribution in [2.75, 3.05) is 11.9 Å². The van der Waals surface area contributed by atoms with E-state index in [-0.39, 0.29) is 23.5 Å². The molecule has 0 unspecified atom stereocenters. The minimum Gasteiger partial charge on any atom is -0.371 e. The van der Waals surface area contributed by atoms with Crippen LogP contribution in [-0.2, 0) is 6.18 Å². The number of benzene rings is 2. The number of fused-ring (bicyclic) bond motifs is 1. The van der Waals surface area contributed by atoms with E-state index in [9.17, 15) is 18.0 Å². The van der Waals surface area contributed by atoms with Gasteiger partial charge in [-0.1, -0.05) is 29.3 Å². The van der Waals surface area contributed by atoms with Crippen molar-refractivity contribution in [3.05, 3.63) is 67.3 Å². The largest absolute Gasteiger partial charge is 0.433 e. The lowest BCUT2D eigenvalue weighted by Gasteiger charge is -2.37. The number of anilines is 1. The van der Waals surface area contributed by atoms with E-state index in [0.29, 0.717) is 43.1 Å². The minimum absolute atomic E-state index is 0.0127. The van der Waals surface area contributed by atoms with Crippen LogP contribution < -0.4 is 10.2 Å².